The lowest BCUT2D eigenvalue weighted by Crippen LogP contribution is -2.30. The van der Waals surface area contributed by atoms with E-state index in [-0.39, 0.29) is 12.5 Å². The number of hydrogen-bond donors (Lipinski definition) is 3. The SMILES string of the molecule is O=C(CCC1CCCN1)NCC(O)c1ccccc1. The van der Waals surface area contributed by atoms with Crippen LogP contribution < -0.4 is 10.6 Å². The van der Waals surface area contributed by atoms with Crippen LogP contribution in [0.3, 0.4) is 0 Å². The smallest absolute Gasteiger partial charge is 0.220 e. The lowest BCUT2D eigenvalue weighted by Gasteiger charge is -2.13. The molecule has 0 spiro atoms. The third kappa shape index (κ3) is 4.65. The van der Waals surface area contributed by atoms with Crippen LogP contribution in [0.4, 0.5) is 0 Å². The summed E-state index contributed by atoms with van der Waals surface area (Å²) in [7, 11) is 0. The van der Waals surface area contributed by atoms with Crippen molar-refractivity contribution in [3.05, 3.63) is 35.9 Å². The van der Waals surface area contributed by atoms with Crippen LogP contribution in [0, 0.1) is 0 Å². The zero-order chi connectivity index (χ0) is 13.5. The van der Waals surface area contributed by atoms with E-state index in [9.17, 15) is 9.90 Å². The van der Waals surface area contributed by atoms with Gasteiger partial charge in [0.1, 0.15) is 0 Å². The van der Waals surface area contributed by atoms with Gasteiger partial charge in [0, 0.05) is 19.0 Å². The van der Waals surface area contributed by atoms with Crippen molar-refractivity contribution in [1.82, 2.24) is 10.6 Å². The number of rotatable bonds is 6. The number of aliphatic hydroxyl groups is 1. The Morgan fingerprint density at radius 2 is 2.21 bits per heavy atom. The highest BCUT2D eigenvalue weighted by molar-refractivity contribution is 5.75. The highest BCUT2D eigenvalue weighted by atomic mass is 16.3. The van der Waals surface area contributed by atoms with Crippen LogP contribution in [0.2, 0.25) is 0 Å². The molecule has 0 aromatic heterocycles. The van der Waals surface area contributed by atoms with Crippen LogP contribution in [-0.2, 0) is 4.79 Å². The lowest BCUT2D eigenvalue weighted by atomic mass is 10.1. The molecule has 1 fully saturated rings. The van der Waals surface area contributed by atoms with Crippen LogP contribution in [0.1, 0.15) is 37.4 Å². The van der Waals surface area contributed by atoms with E-state index in [1.807, 2.05) is 30.3 Å². The standard InChI is InChI=1S/C15H22N2O2/c18-14(12-5-2-1-3-6-12)11-17-15(19)9-8-13-7-4-10-16-13/h1-3,5-6,13-14,16,18H,4,7-11H2,(H,17,19). The minimum absolute atomic E-state index is 0.0173. The van der Waals surface area contributed by atoms with Gasteiger partial charge in [-0.2, -0.15) is 0 Å². The Kier molecular flexibility index (Phi) is 5.36. The first kappa shape index (κ1) is 14.0. The maximum atomic E-state index is 11.7. The van der Waals surface area contributed by atoms with Crippen LogP contribution in [0.25, 0.3) is 0 Å². The second kappa shape index (κ2) is 7.26. The van der Waals surface area contributed by atoms with E-state index < -0.39 is 6.10 Å². The molecule has 0 bridgehead atoms. The minimum atomic E-state index is -0.630. The number of carbonyl (C=O) groups is 1. The van der Waals surface area contributed by atoms with Crippen molar-refractivity contribution in [2.45, 2.75) is 37.8 Å². The Balaban J connectivity index is 1.65. The normalized spacial score (nSPS) is 20.2. The van der Waals surface area contributed by atoms with E-state index in [1.165, 1.54) is 12.8 Å². The molecule has 1 aromatic carbocycles. The Bertz CT molecular complexity index is 388. The fourth-order valence-electron chi connectivity index (χ4n) is 2.40. The fourth-order valence-corrected chi connectivity index (χ4v) is 2.40. The summed E-state index contributed by atoms with van der Waals surface area (Å²) in [5, 5.41) is 16.1. The van der Waals surface area contributed by atoms with E-state index >= 15 is 0 Å². The molecule has 2 atom stereocenters. The largest absolute Gasteiger partial charge is 0.387 e. The van der Waals surface area contributed by atoms with E-state index in [1.54, 1.807) is 0 Å². The molecule has 1 amide bonds. The molecule has 4 nitrogen and oxygen atoms in total. The summed E-state index contributed by atoms with van der Waals surface area (Å²) in [6.45, 7) is 1.35. The summed E-state index contributed by atoms with van der Waals surface area (Å²) >= 11 is 0. The van der Waals surface area contributed by atoms with Crippen LogP contribution >= 0.6 is 0 Å². The Morgan fingerprint density at radius 1 is 1.42 bits per heavy atom. The van der Waals surface area contributed by atoms with E-state index in [2.05, 4.69) is 10.6 Å². The van der Waals surface area contributed by atoms with Crippen molar-refractivity contribution in [3.8, 4) is 0 Å². The maximum absolute atomic E-state index is 11.7. The molecule has 1 aliphatic heterocycles. The first-order chi connectivity index (χ1) is 9.25. The third-order valence-corrected chi connectivity index (χ3v) is 3.56. The van der Waals surface area contributed by atoms with Gasteiger partial charge in [0.05, 0.1) is 6.10 Å². The van der Waals surface area contributed by atoms with Gasteiger partial charge in [-0.1, -0.05) is 30.3 Å². The second-order valence-corrected chi connectivity index (χ2v) is 5.06. The molecular formula is C15H22N2O2. The fraction of sp³-hybridized carbons (Fsp3) is 0.533. The van der Waals surface area contributed by atoms with Gasteiger partial charge in [0.15, 0.2) is 0 Å². The van der Waals surface area contributed by atoms with Gasteiger partial charge in [0.2, 0.25) is 5.91 Å². The van der Waals surface area contributed by atoms with Gasteiger partial charge >= 0.3 is 0 Å². The predicted octanol–water partition coefficient (Wildman–Crippen LogP) is 1.37. The van der Waals surface area contributed by atoms with E-state index in [0.29, 0.717) is 12.5 Å². The highest BCUT2D eigenvalue weighted by Crippen LogP contribution is 2.12. The molecule has 0 aliphatic carbocycles. The van der Waals surface area contributed by atoms with Crippen LogP contribution in [-0.4, -0.2) is 30.1 Å². The van der Waals surface area contributed by atoms with Crippen molar-refractivity contribution in [3.63, 3.8) is 0 Å². The molecule has 2 unspecified atom stereocenters. The molecule has 4 heteroatoms. The van der Waals surface area contributed by atoms with Gasteiger partial charge in [-0.3, -0.25) is 4.79 Å². The van der Waals surface area contributed by atoms with Gasteiger partial charge in [0.25, 0.3) is 0 Å². The maximum Gasteiger partial charge on any atom is 0.220 e. The Labute approximate surface area is 114 Å². The Morgan fingerprint density at radius 3 is 2.89 bits per heavy atom. The average molecular weight is 262 g/mol. The summed E-state index contributed by atoms with van der Waals surface area (Å²) in [6.07, 6.45) is 3.15. The van der Waals surface area contributed by atoms with Gasteiger partial charge in [-0.15, -0.1) is 0 Å². The van der Waals surface area contributed by atoms with Crippen molar-refractivity contribution < 1.29 is 9.90 Å². The third-order valence-electron chi connectivity index (χ3n) is 3.56. The van der Waals surface area contributed by atoms with Crippen molar-refractivity contribution >= 4 is 5.91 Å². The summed E-state index contributed by atoms with van der Waals surface area (Å²) in [5.74, 6) is 0.0173. The average Bonchev–Trinajstić information content (AvgIpc) is 2.96. The number of nitrogens with one attached hydrogen (secondary N) is 2. The van der Waals surface area contributed by atoms with Crippen molar-refractivity contribution in [2.24, 2.45) is 0 Å². The highest BCUT2D eigenvalue weighted by Gasteiger charge is 2.15. The number of carbonyl (C=O) groups excluding carboxylic acids is 1. The minimum Gasteiger partial charge on any atom is -0.387 e. The first-order valence-corrected chi connectivity index (χ1v) is 6.99. The summed E-state index contributed by atoms with van der Waals surface area (Å²) < 4.78 is 0. The van der Waals surface area contributed by atoms with Crippen LogP contribution in [0.15, 0.2) is 30.3 Å². The number of aliphatic hydroxyl groups excluding tert-OH is 1. The molecule has 1 aliphatic rings. The predicted molar refractivity (Wildman–Crippen MR) is 74.7 cm³/mol. The van der Waals surface area contributed by atoms with Gasteiger partial charge in [-0.25, -0.2) is 0 Å². The molecule has 104 valence electrons. The molecule has 1 saturated heterocycles. The zero-order valence-electron chi connectivity index (χ0n) is 11.1. The molecule has 1 heterocycles. The molecule has 19 heavy (non-hydrogen) atoms. The van der Waals surface area contributed by atoms with Crippen molar-refractivity contribution in [1.29, 1.82) is 0 Å². The van der Waals surface area contributed by atoms with E-state index in [4.69, 9.17) is 0 Å². The number of hydrogen-bond acceptors (Lipinski definition) is 3. The summed E-state index contributed by atoms with van der Waals surface area (Å²) in [5.41, 5.74) is 0.834. The van der Waals surface area contributed by atoms with Gasteiger partial charge in [-0.05, 0) is 31.4 Å². The van der Waals surface area contributed by atoms with Crippen molar-refractivity contribution in [2.75, 3.05) is 13.1 Å². The zero-order valence-corrected chi connectivity index (χ0v) is 11.1. The molecule has 0 radical (unpaired) electrons. The first-order valence-electron chi connectivity index (χ1n) is 6.99. The Hall–Kier alpha value is -1.39. The number of amides is 1. The van der Waals surface area contributed by atoms with E-state index in [0.717, 1.165) is 18.5 Å². The molecule has 2 rings (SSSR count). The van der Waals surface area contributed by atoms with Crippen LogP contribution in [0.5, 0.6) is 0 Å². The lowest BCUT2D eigenvalue weighted by molar-refractivity contribution is -0.121. The quantitative estimate of drug-likeness (QED) is 0.725. The summed E-state index contributed by atoms with van der Waals surface area (Å²) in [6, 6.07) is 9.88. The molecule has 3 N–H and O–H groups in total. The summed E-state index contributed by atoms with van der Waals surface area (Å²) in [4.78, 5) is 11.7. The number of benzene rings is 1. The molecular weight excluding hydrogens is 240 g/mol. The topological polar surface area (TPSA) is 61.4 Å². The van der Waals surface area contributed by atoms with Gasteiger partial charge < -0.3 is 15.7 Å². The molecule has 1 aromatic rings. The second-order valence-electron chi connectivity index (χ2n) is 5.06. The monoisotopic (exact) mass is 262 g/mol. The molecule has 0 saturated carbocycles.